The zero-order valence-electron chi connectivity index (χ0n) is 19.0. The smallest absolute Gasteiger partial charge is 0.236 e. The Labute approximate surface area is 203 Å². The quantitative estimate of drug-likeness (QED) is 0.461. The van der Waals surface area contributed by atoms with Crippen molar-refractivity contribution in [3.05, 3.63) is 70.6 Å². The summed E-state index contributed by atoms with van der Waals surface area (Å²) in [6.45, 7) is 5.23. The molecule has 34 heavy (non-hydrogen) atoms. The Morgan fingerprint density at radius 2 is 1.79 bits per heavy atom. The number of tetrazole rings is 1. The number of nitrogens with zero attached hydrogens (tertiary/aromatic N) is 6. The maximum atomic E-state index is 12.8. The van der Waals surface area contributed by atoms with E-state index in [2.05, 4.69) is 21.6 Å². The average Bonchev–Trinajstić information content (AvgIpc) is 3.30. The van der Waals surface area contributed by atoms with Crippen LogP contribution >= 0.6 is 11.8 Å². The number of piperazine rings is 1. The number of amides is 1. The van der Waals surface area contributed by atoms with Gasteiger partial charge in [0.2, 0.25) is 21.1 Å². The third-order valence-electron chi connectivity index (χ3n) is 5.53. The summed E-state index contributed by atoms with van der Waals surface area (Å²) >= 11 is 1.27. The van der Waals surface area contributed by atoms with E-state index in [1.54, 1.807) is 15.7 Å². The van der Waals surface area contributed by atoms with Crippen LogP contribution in [0.2, 0.25) is 0 Å². The molecule has 0 N–H and O–H groups in total. The molecule has 1 aliphatic heterocycles. The van der Waals surface area contributed by atoms with Crippen molar-refractivity contribution in [1.29, 1.82) is 0 Å². The van der Waals surface area contributed by atoms with Crippen LogP contribution in [0.3, 0.4) is 0 Å². The SMILES string of the molecule is Cc1ccc(-n2nnnc2SCC(=O)N2CCN(S(=O)(=O)/C=C/c3ccccc3)CC2)c(C)c1. The van der Waals surface area contributed by atoms with Gasteiger partial charge in [0, 0.05) is 31.6 Å². The van der Waals surface area contributed by atoms with Gasteiger partial charge in [-0.3, -0.25) is 4.79 Å². The van der Waals surface area contributed by atoms with Gasteiger partial charge in [0.25, 0.3) is 0 Å². The fourth-order valence-corrected chi connectivity index (χ4v) is 5.65. The normalized spacial score (nSPS) is 15.2. The standard InChI is InChI=1S/C23H26N6O3S2/c1-18-8-9-21(19(2)16-18)29-23(24-25-26-29)33-17-22(30)27-11-13-28(14-12-27)34(31,32)15-10-20-6-4-3-5-7-20/h3-10,15-16H,11-14,17H2,1-2H3/b15-10+. The summed E-state index contributed by atoms with van der Waals surface area (Å²) in [5.41, 5.74) is 3.88. The minimum absolute atomic E-state index is 0.0722. The lowest BCUT2D eigenvalue weighted by Gasteiger charge is -2.33. The molecule has 0 saturated carbocycles. The highest BCUT2D eigenvalue weighted by Crippen LogP contribution is 2.22. The summed E-state index contributed by atoms with van der Waals surface area (Å²) in [5, 5.41) is 13.7. The van der Waals surface area contributed by atoms with Crippen LogP contribution in [0.15, 0.2) is 59.1 Å². The predicted octanol–water partition coefficient (Wildman–Crippen LogP) is 2.52. The fourth-order valence-electron chi connectivity index (χ4n) is 3.69. The van der Waals surface area contributed by atoms with E-state index in [1.165, 1.54) is 21.5 Å². The Hall–Kier alpha value is -3.02. The Bertz CT molecular complexity index is 1280. The van der Waals surface area contributed by atoms with Crippen molar-refractivity contribution >= 4 is 33.8 Å². The highest BCUT2D eigenvalue weighted by molar-refractivity contribution is 7.99. The number of carbonyl (C=O) groups is 1. The summed E-state index contributed by atoms with van der Waals surface area (Å²) < 4.78 is 28.3. The van der Waals surface area contributed by atoms with Crippen molar-refractivity contribution in [2.24, 2.45) is 0 Å². The monoisotopic (exact) mass is 498 g/mol. The minimum atomic E-state index is -3.54. The van der Waals surface area contributed by atoms with E-state index in [4.69, 9.17) is 0 Å². The Balaban J connectivity index is 1.32. The maximum absolute atomic E-state index is 12.8. The zero-order chi connectivity index (χ0) is 24.1. The number of aryl methyl sites for hydroxylation is 2. The first-order chi connectivity index (χ1) is 16.3. The van der Waals surface area contributed by atoms with E-state index in [0.717, 1.165) is 22.4 Å². The molecule has 0 bridgehead atoms. The van der Waals surface area contributed by atoms with Gasteiger partial charge >= 0.3 is 0 Å². The first-order valence-electron chi connectivity index (χ1n) is 10.8. The van der Waals surface area contributed by atoms with E-state index in [-0.39, 0.29) is 24.7 Å². The molecule has 1 fully saturated rings. The van der Waals surface area contributed by atoms with Gasteiger partial charge in [0.15, 0.2) is 0 Å². The van der Waals surface area contributed by atoms with Gasteiger partial charge in [0.05, 0.1) is 11.4 Å². The van der Waals surface area contributed by atoms with Gasteiger partial charge in [-0.15, -0.1) is 5.10 Å². The number of hydrogen-bond donors (Lipinski definition) is 0. The van der Waals surface area contributed by atoms with Gasteiger partial charge in [-0.25, -0.2) is 8.42 Å². The maximum Gasteiger partial charge on any atom is 0.236 e. The van der Waals surface area contributed by atoms with Crippen LogP contribution < -0.4 is 0 Å². The van der Waals surface area contributed by atoms with Crippen LogP contribution in [0.5, 0.6) is 0 Å². The molecule has 0 unspecified atom stereocenters. The lowest BCUT2D eigenvalue weighted by Crippen LogP contribution is -2.50. The molecule has 1 aromatic heterocycles. The van der Waals surface area contributed by atoms with Crippen molar-refractivity contribution < 1.29 is 13.2 Å². The molecule has 11 heteroatoms. The van der Waals surface area contributed by atoms with Crippen molar-refractivity contribution in [2.45, 2.75) is 19.0 Å². The van der Waals surface area contributed by atoms with Crippen molar-refractivity contribution in [1.82, 2.24) is 29.4 Å². The van der Waals surface area contributed by atoms with E-state index < -0.39 is 10.0 Å². The first kappa shape index (κ1) is 24.1. The lowest BCUT2D eigenvalue weighted by atomic mass is 10.1. The van der Waals surface area contributed by atoms with Gasteiger partial charge in [-0.2, -0.15) is 8.99 Å². The second kappa shape index (κ2) is 10.5. The molecule has 0 aliphatic carbocycles. The lowest BCUT2D eigenvalue weighted by molar-refractivity contribution is -0.129. The molecule has 1 amide bonds. The fraction of sp³-hybridized carbons (Fsp3) is 0.304. The highest BCUT2D eigenvalue weighted by Gasteiger charge is 2.27. The van der Waals surface area contributed by atoms with E-state index >= 15 is 0 Å². The number of carbonyl (C=O) groups excluding carboxylic acids is 1. The molecule has 9 nitrogen and oxygen atoms in total. The Morgan fingerprint density at radius 1 is 1.06 bits per heavy atom. The first-order valence-corrected chi connectivity index (χ1v) is 13.3. The second-order valence-electron chi connectivity index (χ2n) is 7.99. The zero-order valence-corrected chi connectivity index (χ0v) is 20.7. The summed E-state index contributed by atoms with van der Waals surface area (Å²) in [6.07, 6.45) is 1.59. The molecule has 1 aliphatic rings. The highest BCUT2D eigenvalue weighted by atomic mass is 32.2. The number of benzene rings is 2. The molecule has 0 atom stereocenters. The predicted molar refractivity (Wildman–Crippen MR) is 132 cm³/mol. The van der Waals surface area contributed by atoms with Crippen LogP contribution in [-0.4, -0.2) is 75.7 Å². The topological polar surface area (TPSA) is 101 Å². The third-order valence-corrected chi connectivity index (χ3v) is 8.00. The molecule has 178 valence electrons. The summed E-state index contributed by atoms with van der Waals surface area (Å²) in [4.78, 5) is 14.5. The Morgan fingerprint density at radius 3 is 2.50 bits per heavy atom. The van der Waals surface area contributed by atoms with E-state index in [0.29, 0.717) is 18.2 Å². The van der Waals surface area contributed by atoms with Crippen LogP contribution in [0.25, 0.3) is 11.8 Å². The largest absolute Gasteiger partial charge is 0.339 e. The van der Waals surface area contributed by atoms with E-state index in [1.807, 2.05) is 56.3 Å². The molecule has 0 radical (unpaired) electrons. The van der Waals surface area contributed by atoms with Crippen LogP contribution in [0.1, 0.15) is 16.7 Å². The van der Waals surface area contributed by atoms with Gasteiger partial charge in [-0.1, -0.05) is 59.8 Å². The van der Waals surface area contributed by atoms with Crippen molar-refractivity contribution in [2.75, 3.05) is 31.9 Å². The molecule has 0 spiro atoms. The second-order valence-corrected chi connectivity index (χ2v) is 10.8. The molecular weight excluding hydrogens is 472 g/mol. The summed E-state index contributed by atoms with van der Waals surface area (Å²) in [7, 11) is -3.54. The third kappa shape index (κ3) is 5.72. The molecule has 3 aromatic rings. The Kier molecular flexibility index (Phi) is 7.44. The molecule has 1 saturated heterocycles. The average molecular weight is 499 g/mol. The van der Waals surface area contributed by atoms with Gasteiger partial charge in [0.1, 0.15) is 0 Å². The number of aromatic nitrogens is 4. The molecule has 2 heterocycles. The van der Waals surface area contributed by atoms with Crippen molar-refractivity contribution in [3.63, 3.8) is 0 Å². The van der Waals surface area contributed by atoms with Gasteiger partial charge in [-0.05, 0) is 47.5 Å². The minimum Gasteiger partial charge on any atom is -0.339 e. The molecule has 4 rings (SSSR count). The summed E-state index contributed by atoms with van der Waals surface area (Å²) in [5.74, 6) is 0.100. The van der Waals surface area contributed by atoms with Gasteiger partial charge < -0.3 is 4.90 Å². The number of rotatable bonds is 7. The number of hydrogen-bond acceptors (Lipinski definition) is 7. The molecular formula is C23H26N6O3S2. The number of sulfonamides is 1. The molecule has 2 aromatic carbocycles. The van der Waals surface area contributed by atoms with Crippen LogP contribution in [0.4, 0.5) is 0 Å². The van der Waals surface area contributed by atoms with E-state index in [9.17, 15) is 13.2 Å². The van der Waals surface area contributed by atoms with Crippen molar-refractivity contribution in [3.8, 4) is 5.69 Å². The van der Waals surface area contributed by atoms with Crippen LogP contribution in [0, 0.1) is 13.8 Å². The van der Waals surface area contributed by atoms with Crippen LogP contribution in [-0.2, 0) is 14.8 Å². The summed E-state index contributed by atoms with van der Waals surface area (Å²) in [6, 6.07) is 15.3. The number of thioether (sulfide) groups is 1.